The third-order valence-electron chi connectivity index (χ3n) is 2.45. The lowest BCUT2D eigenvalue weighted by molar-refractivity contribution is -0.133. The van der Waals surface area contributed by atoms with E-state index in [4.69, 9.17) is 5.11 Å². The second kappa shape index (κ2) is 5.39. The second-order valence-electron chi connectivity index (χ2n) is 3.86. The summed E-state index contributed by atoms with van der Waals surface area (Å²) in [4.78, 5) is 14.9. The lowest BCUT2D eigenvalue weighted by Gasteiger charge is -2.05. The maximum Gasteiger partial charge on any atom is 0.313 e. The number of nitrogens with zero attached hydrogens (tertiary/aromatic N) is 2. The van der Waals surface area contributed by atoms with E-state index < -0.39 is 5.97 Å². The highest BCUT2D eigenvalue weighted by molar-refractivity contribution is 7.99. The van der Waals surface area contributed by atoms with Crippen molar-refractivity contribution in [2.45, 2.75) is 25.0 Å². The normalized spacial score (nSPS) is 11.0. The fourth-order valence-electron chi connectivity index (χ4n) is 1.75. The second-order valence-corrected chi connectivity index (χ2v) is 4.80. The summed E-state index contributed by atoms with van der Waals surface area (Å²) < 4.78 is 15.1. The van der Waals surface area contributed by atoms with Crippen LogP contribution in [0.4, 0.5) is 4.39 Å². The highest BCUT2D eigenvalue weighted by Crippen LogP contribution is 2.25. The first-order valence-electron chi connectivity index (χ1n) is 5.62. The molecule has 1 heterocycles. The highest BCUT2D eigenvalue weighted by atomic mass is 32.2. The Morgan fingerprint density at radius 3 is 3.00 bits per heavy atom. The number of halogens is 1. The number of aliphatic carboxylic acids is 1. The van der Waals surface area contributed by atoms with Crippen LogP contribution in [0.25, 0.3) is 11.0 Å². The predicted molar refractivity (Wildman–Crippen MR) is 68.3 cm³/mol. The molecule has 0 saturated carbocycles. The molecule has 18 heavy (non-hydrogen) atoms. The molecular formula is C12H13FN2O2S. The summed E-state index contributed by atoms with van der Waals surface area (Å²) in [5.74, 6) is -1.24. The molecule has 0 atom stereocenters. The van der Waals surface area contributed by atoms with Crippen molar-refractivity contribution in [3.05, 3.63) is 24.0 Å². The third kappa shape index (κ3) is 2.64. The number of aromatic nitrogens is 2. The molecule has 6 heteroatoms. The fourth-order valence-corrected chi connectivity index (χ4v) is 2.51. The van der Waals surface area contributed by atoms with Gasteiger partial charge in [-0.1, -0.05) is 18.7 Å². The van der Waals surface area contributed by atoms with E-state index in [0.29, 0.717) is 22.7 Å². The predicted octanol–water partition coefficient (Wildman–Crippen LogP) is 2.76. The van der Waals surface area contributed by atoms with Crippen LogP contribution >= 0.6 is 11.8 Å². The first-order chi connectivity index (χ1) is 8.61. The summed E-state index contributed by atoms with van der Waals surface area (Å²) in [6, 6.07) is 4.40. The largest absolute Gasteiger partial charge is 0.481 e. The van der Waals surface area contributed by atoms with Crippen LogP contribution in [0.3, 0.4) is 0 Å². The lowest BCUT2D eigenvalue weighted by atomic mass is 10.3. The molecule has 0 saturated heterocycles. The van der Waals surface area contributed by atoms with E-state index in [1.165, 1.54) is 12.1 Å². The number of carbonyl (C=O) groups is 1. The molecule has 1 aromatic heterocycles. The van der Waals surface area contributed by atoms with Crippen LogP contribution in [0.5, 0.6) is 0 Å². The first-order valence-corrected chi connectivity index (χ1v) is 6.60. The summed E-state index contributed by atoms with van der Waals surface area (Å²) in [6.45, 7) is 2.71. The maximum absolute atomic E-state index is 13.2. The Balaban J connectivity index is 2.44. The Hall–Kier alpha value is -1.56. The van der Waals surface area contributed by atoms with Crippen molar-refractivity contribution in [2.24, 2.45) is 0 Å². The Labute approximate surface area is 108 Å². The molecule has 0 aliphatic rings. The molecule has 0 aliphatic heterocycles. The van der Waals surface area contributed by atoms with Crippen molar-refractivity contribution in [2.75, 3.05) is 5.75 Å². The Morgan fingerprint density at radius 1 is 1.56 bits per heavy atom. The summed E-state index contributed by atoms with van der Waals surface area (Å²) in [5.41, 5.74) is 1.41. The van der Waals surface area contributed by atoms with Gasteiger partial charge in [-0.05, 0) is 24.6 Å². The molecule has 0 aliphatic carbocycles. The lowest BCUT2D eigenvalue weighted by Crippen LogP contribution is -2.03. The van der Waals surface area contributed by atoms with Gasteiger partial charge in [-0.15, -0.1) is 0 Å². The van der Waals surface area contributed by atoms with Crippen LogP contribution < -0.4 is 0 Å². The van der Waals surface area contributed by atoms with Crippen molar-refractivity contribution in [1.82, 2.24) is 9.55 Å². The minimum Gasteiger partial charge on any atom is -0.481 e. The van der Waals surface area contributed by atoms with Crippen molar-refractivity contribution in [3.8, 4) is 0 Å². The molecule has 1 N–H and O–H groups in total. The summed E-state index contributed by atoms with van der Waals surface area (Å²) in [5, 5.41) is 9.32. The first kappa shape index (κ1) is 12.9. The monoisotopic (exact) mass is 268 g/mol. The molecule has 4 nitrogen and oxygen atoms in total. The Morgan fingerprint density at radius 2 is 2.33 bits per heavy atom. The number of hydrogen-bond acceptors (Lipinski definition) is 3. The van der Waals surface area contributed by atoms with Gasteiger partial charge in [0, 0.05) is 6.54 Å². The number of hydrogen-bond donors (Lipinski definition) is 1. The van der Waals surface area contributed by atoms with Crippen LogP contribution in [-0.2, 0) is 11.3 Å². The standard InChI is InChI=1S/C12H13FN2O2S/c1-2-5-15-10-6-8(13)3-4-9(10)14-12(15)18-7-11(16)17/h3-4,6H,2,5,7H2,1H3,(H,16,17). The average molecular weight is 268 g/mol. The van der Waals surface area contributed by atoms with Gasteiger partial charge in [0.05, 0.1) is 16.8 Å². The molecule has 96 valence electrons. The number of aryl methyl sites for hydroxylation is 1. The van der Waals surface area contributed by atoms with Gasteiger partial charge in [0.2, 0.25) is 0 Å². The number of fused-ring (bicyclic) bond motifs is 1. The summed E-state index contributed by atoms with van der Waals surface area (Å²) in [6.07, 6.45) is 0.878. The zero-order valence-corrected chi connectivity index (χ0v) is 10.7. The van der Waals surface area contributed by atoms with Gasteiger partial charge in [-0.2, -0.15) is 0 Å². The molecule has 0 fully saturated rings. The zero-order chi connectivity index (χ0) is 13.1. The van der Waals surface area contributed by atoms with Crippen LogP contribution in [0, 0.1) is 5.82 Å². The van der Waals surface area contributed by atoms with E-state index in [0.717, 1.165) is 18.2 Å². The van der Waals surface area contributed by atoms with E-state index in [-0.39, 0.29) is 11.6 Å². The number of rotatable bonds is 5. The molecule has 0 radical (unpaired) electrons. The number of carboxylic acid groups (broad SMARTS) is 1. The molecule has 0 unspecified atom stereocenters. The van der Waals surface area contributed by atoms with Gasteiger partial charge in [-0.3, -0.25) is 4.79 Å². The van der Waals surface area contributed by atoms with E-state index in [1.54, 1.807) is 6.07 Å². The zero-order valence-electron chi connectivity index (χ0n) is 9.89. The Bertz CT molecular complexity index is 583. The topological polar surface area (TPSA) is 55.1 Å². The van der Waals surface area contributed by atoms with Gasteiger partial charge >= 0.3 is 5.97 Å². The van der Waals surface area contributed by atoms with Crippen molar-refractivity contribution >= 4 is 28.8 Å². The van der Waals surface area contributed by atoms with E-state index >= 15 is 0 Å². The number of benzene rings is 1. The van der Waals surface area contributed by atoms with Gasteiger partial charge in [-0.25, -0.2) is 9.37 Å². The van der Waals surface area contributed by atoms with E-state index in [2.05, 4.69) is 4.98 Å². The van der Waals surface area contributed by atoms with E-state index in [9.17, 15) is 9.18 Å². The van der Waals surface area contributed by atoms with Gasteiger partial charge in [0.15, 0.2) is 5.16 Å². The van der Waals surface area contributed by atoms with Crippen molar-refractivity contribution < 1.29 is 14.3 Å². The van der Waals surface area contributed by atoms with Crippen LogP contribution in [0.2, 0.25) is 0 Å². The van der Waals surface area contributed by atoms with Gasteiger partial charge < -0.3 is 9.67 Å². The molecule has 0 bridgehead atoms. The van der Waals surface area contributed by atoms with Crippen molar-refractivity contribution in [3.63, 3.8) is 0 Å². The smallest absolute Gasteiger partial charge is 0.313 e. The highest BCUT2D eigenvalue weighted by Gasteiger charge is 2.12. The van der Waals surface area contributed by atoms with Crippen LogP contribution in [0.15, 0.2) is 23.4 Å². The molecule has 0 amide bonds. The number of thioether (sulfide) groups is 1. The third-order valence-corrected chi connectivity index (χ3v) is 3.41. The quantitative estimate of drug-likeness (QED) is 0.847. The van der Waals surface area contributed by atoms with Crippen LogP contribution in [-0.4, -0.2) is 26.4 Å². The molecule has 0 spiro atoms. The van der Waals surface area contributed by atoms with E-state index in [1.807, 2.05) is 11.5 Å². The fraction of sp³-hybridized carbons (Fsp3) is 0.333. The Kier molecular flexibility index (Phi) is 3.86. The molecular weight excluding hydrogens is 255 g/mol. The van der Waals surface area contributed by atoms with Gasteiger partial charge in [0.25, 0.3) is 0 Å². The van der Waals surface area contributed by atoms with Gasteiger partial charge in [0.1, 0.15) is 5.82 Å². The summed E-state index contributed by atoms with van der Waals surface area (Å²) >= 11 is 1.16. The average Bonchev–Trinajstić information content (AvgIpc) is 2.65. The molecule has 1 aromatic carbocycles. The SMILES string of the molecule is CCCn1c(SCC(=O)O)nc2ccc(F)cc21. The number of imidazole rings is 1. The number of carboxylic acids is 1. The maximum atomic E-state index is 13.2. The van der Waals surface area contributed by atoms with Crippen molar-refractivity contribution in [1.29, 1.82) is 0 Å². The minimum absolute atomic E-state index is 0.0461. The molecule has 2 aromatic rings. The minimum atomic E-state index is -0.888. The van der Waals surface area contributed by atoms with Crippen LogP contribution in [0.1, 0.15) is 13.3 Å². The molecule has 2 rings (SSSR count). The summed E-state index contributed by atoms with van der Waals surface area (Å²) in [7, 11) is 0.